The number of para-hydroxylation sites is 2. The molecule has 332 valence electrons. The molecule has 3 nitrogen and oxygen atoms in total. The fraction of sp³-hybridized carbons (Fsp3) is 0.0455. The van der Waals surface area contributed by atoms with Crippen molar-refractivity contribution in [2.24, 2.45) is 0 Å². The summed E-state index contributed by atoms with van der Waals surface area (Å²) in [6, 6.07) is 81.9. The second-order valence-corrected chi connectivity index (χ2v) is 17.2. The number of allylic oxidation sites excluding steroid dienone is 3. The van der Waals surface area contributed by atoms with Crippen LogP contribution in [0, 0.1) is 13.8 Å². The van der Waals surface area contributed by atoms with Crippen LogP contribution in [0.2, 0.25) is 0 Å². The van der Waals surface area contributed by atoms with Crippen LogP contribution in [0.5, 0.6) is 0 Å². The zero-order valence-corrected chi connectivity index (χ0v) is 39.2. The van der Waals surface area contributed by atoms with Crippen LogP contribution in [0.25, 0.3) is 105 Å². The molecule has 2 heterocycles. The molecular formula is C66H52N2O. The van der Waals surface area contributed by atoms with Crippen LogP contribution in [0.1, 0.15) is 18.1 Å². The van der Waals surface area contributed by atoms with Crippen LogP contribution < -0.4 is 0 Å². The maximum absolute atomic E-state index is 6.29. The highest BCUT2D eigenvalue weighted by molar-refractivity contribution is 6.11. The number of benzene rings is 10. The predicted molar refractivity (Wildman–Crippen MR) is 294 cm³/mol. The van der Waals surface area contributed by atoms with Gasteiger partial charge in [-0.2, -0.15) is 0 Å². The number of aromatic nitrogens is 2. The summed E-state index contributed by atoms with van der Waals surface area (Å²) in [6.45, 7) is 9.66. The van der Waals surface area contributed by atoms with Crippen molar-refractivity contribution in [3.05, 3.63) is 266 Å². The zero-order chi connectivity index (χ0) is 47.1. The quantitative estimate of drug-likeness (QED) is 0.149. The Labute approximate surface area is 404 Å². The maximum Gasteiger partial charge on any atom is 0.227 e. The summed E-state index contributed by atoms with van der Waals surface area (Å²) in [5, 5.41) is 4.94. The molecule has 0 unspecified atom stereocenters. The number of nitrogens with zero attached hydrogens (tertiary/aromatic N) is 2. The lowest BCUT2D eigenvalue weighted by atomic mass is 9.89. The topological polar surface area (TPSA) is 31.0 Å². The summed E-state index contributed by atoms with van der Waals surface area (Å²) in [5.41, 5.74) is 18.2. The zero-order valence-electron chi connectivity index (χ0n) is 39.2. The normalized spacial score (nSPS) is 11.1. The molecule has 2 aromatic heterocycles. The standard InChI is InChI=1S/C53H34N2O.C8H10.C5H8/c1-2-14-42(15-3-1)55-50-21-11-10-20-47(50)48-33-41(28-30-51(48)55)44-17-7-9-19-46(44)45-18-8-6-16-43(45)36-23-25-37(26-24-36)53-54-49-34-40(29-31-52(49)56-53)39-27-22-35-12-4-5-13-38(35)32-39;1-7-5-3-4-6-8(7)2;1-3-5-4-2/h1-34H;3-6H,1-2H3;3-5H,1H2,2H3/b;;5-4-. The van der Waals surface area contributed by atoms with Gasteiger partial charge in [0.1, 0.15) is 5.52 Å². The molecule has 0 aliphatic rings. The molecule has 0 amide bonds. The SMILES string of the molecule is C=C/C=C\C.Cc1ccccc1C.c1ccc(-n2c3ccccc3c3cc(-c4ccccc4-c4ccccc4-c4ccc(-c5nc6cc(-c7ccc8ccccc8c7)ccc6o5)cc4)ccc32)cc1. The fourth-order valence-corrected chi connectivity index (χ4v) is 9.13. The van der Waals surface area contributed by atoms with Crippen molar-refractivity contribution in [3.63, 3.8) is 0 Å². The highest BCUT2D eigenvalue weighted by Crippen LogP contribution is 2.41. The second kappa shape index (κ2) is 20.0. The smallest absolute Gasteiger partial charge is 0.227 e. The summed E-state index contributed by atoms with van der Waals surface area (Å²) in [6.07, 6.45) is 5.58. The fourth-order valence-electron chi connectivity index (χ4n) is 9.13. The average Bonchev–Trinajstić information content (AvgIpc) is 3.99. The Kier molecular flexibility index (Phi) is 12.8. The summed E-state index contributed by atoms with van der Waals surface area (Å²) < 4.78 is 8.65. The van der Waals surface area contributed by atoms with Gasteiger partial charge in [0.05, 0.1) is 11.0 Å². The van der Waals surface area contributed by atoms with Gasteiger partial charge in [-0.25, -0.2) is 4.98 Å². The van der Waals surface area contributed by atoms with Gasteiger partial charge in [-0.3, -0.25) is 0 Å². The van der Waals surface area contributed by atoms with Crippen LogP contribution in [0.4, 0.5) is 0 Å². The summed E-state index contributed by atoms with van der Waals surface area (Å²) >= 11 is 0. The van der Waals surface area contributed by atoms with E-state index in [2.05, 4.69) is 249 Å². The van der Waals surface area contributed by atoms with E-state index in [1.165, 1.54) is 71.5 Å². The molecule has 0 spiro atoms. The molecule has 0 saturated carbocycles. The highest BCUT2D eigenvalue weighted by atomic mass is 16.3. The first-order valence-corrected chi connectivity index (χ1v) is 23.5. The third-order valence-corrected chi connectivity index (χ3v) is 12.8. The summed E-state index contributed by atoms with van der Waals surface area (Å²) in [5.74, 6) is 0.616. The Balaban J connectivity index is 0.000000374. The average molecular weight is 889 g/mol. The Hall–Kier alpha value is -8.79. The van der Waals surface area contributed by atoms with E-state index < -0.39 is 0 Å². The van der Waals surface area contributed by atoms with Gasteiger partial charge in [-0.05, 0) is 148 Å². The lowest BCUT2D eigenvalue weighted by molar-refractivity contribution is 0.620. The minimum atomic E-state index is 0.616. The summed E-state index contributed by atoms with van der Waals surface area (Å²) in [4.78, 5) is 4.94. The number of aryl methyl sites for hydroxylation is 2. The highest BCUT2D eigenvalue weighted by Gasteiger charge is 2.17. The van der Waals surface area contributed by atoms with E-state index in [1.807, 2.05) is 25.1 Å². The molecular weight excluding hydrogens is 837 g/mol. The van der Waals surface area contributed by atoms with E-state index in [1.54, 1.807) is 6.08 Å². The molecule has 0 aliphatic carbocycles. The molecule has 0 radical (unpaired) electrons. The van der Waals surface area contributed by atoms with Crippen molar-refractivity contribution < 1.29 is 4.42 Å². The van der Waals surface area contributed by atoms with Gasteiger partial charge in [-0.15, -0.1) is 0 Å². The van der Waals surface area contributed by atoms with E-state index in [-0.39, 0.29) is 0 Å². The second-order valence-electron chi connectivity index (χ2n) is 17.2. The van der Waals surface area contributed by atoms with E-state index in [0.717, 1.165) is 39.0 Å². The van der Waals surface area contributed by atoms with Crippen LogP contribution in [0.3, 0.4) is 0 Å². The van der Waals surface area contributed by atoms with E-state index >= 15 is 0 Å². The molecule has 10 aromatic carbocycles. The van der Waals surface area contributed by atoms with Gasteiger partial charge < -0.3 is 8.98 Å². The Morgan fingerprint density at radius 1 is 0.435 bits per heavy atom. The van der Waals surface area contributed by atoms with Gasteiger partial charge >= 0.3 is 0 Å². The monoisotopic (exact) mass is 888 g/mol. The van der Waals surface area contributed by atoms with Gasteiger partial charge in [0, 0.05) is 22.0 Å². The van der Waals surface area contributed by atoms with E-state index in [9.17, 15) is 0 Å². The van der Waals surface area contributed by atoms with Crippen LogP contribution in [-0.4, -0.2) is 9.55 Å². The first-order chi connectivity index (χ1) is 34.0. The number of rotatable bonds is 7. The van der Waals surface area contributed by atoms with Gasteiger partial charge in [0.2, 0.25) is 5.89 Å². The predicted octanol–water partition coefficient (Wildman–Crippen LogP) is 18.5. The number of fused-ring (bicyclic) bond motifs is 5. The van der Waals surface area contributed by atoms with Crippen LogP contribution >= 0.6 is 0 Å². The minimum absolute atomic E-state index is 0.616. The maximum atomic E-state index is 6.29. The molecule has 3 heteroatoms. The van der Waals surface area contributed by atoms with Gasteiger partial charge in [-0.1, -0.05) is 195 Å². The first kappa shape index (κ1) is 44.1. The molecule has 0 bridgehead atoms. The van der Waals surface area contributed by atoms with Crippen LogP contribution in [0.15, 0.2) is 260 Å². The van der Waals surface area contributed by atoms with Crippen molar-refractivity contribution in [3.8, 4) is 61.6 Å². The lowest BCUT2D eigenvalue weighted by Crippen LogP contribution is -1.93. The minimum Gasteiger partial charge on any atom is -0.436 e. The number of oxazole rings is 1. The van der Waals surface area contributed by atoms with Crippen molar-refractivity contribution >= 4 is 43.7 Å². The molecule has 0 atom stereocenters. The molecule has 12 rings (SSSR count). The third-order valence-electron chi connectivity index (χ3n) is 12.8. The first-order valence-electron chi connectivity index (χ1n) is 23.5. The molecule has 0 N–H and O–H groups in total. The van der Waals surface area contributed by atoms with Crippen molar-refractivity contribution in [2.45, 2.75) is 20.8 Å². The molecule has 12 aromatic rings. The van der Waals surface area contributed by atoms with Crippen LogP contribution in [-0.2, 0) is 0 Å². The lowest BCUT2D eigenvalue weighted by Gasteiger charge is -2.15. The summed E-state index contributed by atoms with van der Waals surface area (Å²) in [7, 11) is 0. The van der Waals surface area contributed by atoms with Gasteiger partial charge in [0.15, 0.2) is 5.58 Å². The Bertz CT molecular complexity index is 3750. The molecule has 0 aliphatic heterocycles. The van der Waals surface area contributed by atoms with E-state index in [4.69, 9.17) is 9.40 Å². The van der Waals surface area contributed by atoms with Crippen molar-refractivity contribution in [2.75, 3.05) is 0 Å². The number of hydrogen-bond donors (Lipinski definition) is 0. The Morgan fingerprint density at radius 2 is 0.971 bits per heavy atom. The van der Waals surface area contributed by atoms with Gasteiger partial charge in [0.25, 0.3) is 0 Å². The number of hydrogen-bond acceptors (Lipinski definition) is 2. The molecule has 0 fully saturated rings. The van der Waals surface area contributed by atoms with E-state index in [0.29, 0.717) is 5.89 Å². The molecule has 69 heavy (non-hydrogen) atoms. The molecule has 0 saturated heterocycles. The van der Waals surface area contributed by atoms with Crippen molar-refractivity contribution in [1.29, 1.82) is 0 Å². The third kappa shape index (κ3) is 9.19. The van der Waals surface area contributed by atoms with Crippen molar-refractivity contribution in [1.82, 2.24) is 9.55 Å². The Morgan fingerprint density at radius 3 is 1.65 bits per heavy atom. The largest absolute Gasteiger partial charge is 0.436 e.